The SMILES string of the molecule is CNC(CC1CCCC1)c1cc2cc(C)ccc2o1. The molecule has 0 aliphatic heterocycles. The third-order valence-electron chi connectivity index (χ3n) is 4.43. The number of rotatable bonds is 4. The van der Waals surface area contributed by atoms with Gasteiger partial charge in [0, 0.05) is 5.39 Å². The first-order chi connectivity index (χ1) is 9.26. The third-order valence-corrected chi connectivity index (χ3v) is 4.43. The number of benzene rings is 1. The van der Waals surface area contributed by atoms with Crippen molar-refractivity contribution in [3.8, 4) is 0 Å². The van der Waals surface area contributed by atoms with Crippen molar-refractivity contribution in [2.45, 2.75) is 45.1 Å². The zero-order valence-corrected chi connectivity index (χ0v) is 11.9. The van der Waals surface area contributed by atoms with E-state index < -0.39 is 0 Å². The van der Waals surface area contributed by atoms with Crippen molar-refractivity contribution < 1.29 is 4.42 Å². The van der Waals surface area contributed by atoms with E-state index in [-0.39, 0.29) is 0 Å². The fourth-order valence-electron chi connectivity index (χ4n) is 3.31. The average Bonchev–Trinajstić information content (AvgIpc) is 3.03. The van der Waals surface area contributed by atoms with Crippen LogP contribution in [0.2, 0.25) is 0 Å². The first-order valence-electron chi connectivity index (χ1n) is 7.43. The van der Waals surface area contributed by atoms with Crippen LogP contribution in [0, 0.1) is 12.8 Å². The summed E-state index contributed by atoms with van der Waals surface area (Å²) in [6.07, 6.45) is 6.78. The Labute approximate surface area is 115 Å². The van der Waals surface area contributed by atoms with E-state index in [1.54, 1.807) is 0 Å². The monoisotopic (exact) mass is 257 g/mol. The van der Waals surface area contributed by atoms with Crippen LogP contribution in [-0.2, 0) is 0 Å². The van der Waals surface area contributed by atoms with Crippen LogP contribution in [0.3, 0.4) is 0 Å². The van der Waals surface area contributed by atoms with Crippen LogP contribution in [0.15, 0.2) is 28.7 Å². The first-order valence-corrected chi connectivity index (χ1v) is 7.43. The highest BCUT2D eigenvalue weighted by Gasteiger charge is 2.22. The summed E-state index contributed by atoms with van der Waals surface area (Å²) in [5.74, 6) is 1.96. The number of aryl methyl sites for hydroxylation is 1. The first kappa shape index (κ1) is 12.7. The standard InChI is InChI=1S/C17H23NO/c1-12-7-8-16-14(9-12)11-17(19-16)15(18-2)10-13-5-3-4-6-13/h7-9,11,13,15,18H,3-6,10H2,1-2H3. The molecule has 0 radical (unpaired) electrons. The van der Waals surface area contributed by atoms with Crippen molar-refractivity contribution >= 4 is 11.0 Å². The number of furan rings is 1. The quantitative estimate of drug-likeness (QED) is 0.867. The molecule has 0 saturated heterocycles. The molecule has 2 nitrogen and oxygen atoms in total. The molecule has 0 amide bonds. The smallest absolute Gasteiger partial charge is 0.134 e. The lowest BCUT2D eigenvalue weighted by Crippen LogP contribution is -2.18. The normalized spacial score (nSPS) is 18.2. The molecule has 2 aromatic rings. The second-order valence-corrected chi connectivity index (χ2v) is 5.92. The topological polar surface area (TPSA) is 25.2 Å². The highest BCUT2D eigenvalue weighted by atomic mass is 16.3. The van der Waals surface area contributed by atoms with Crippen LogP contribution in [0.5, 0.6) is 0 Å². The molecule has 1 atom stereocenters. The minimum Gasteiger partial charge on any atom is -0.459 e. The molecular weight excluding hydrogens is 234 g/mol. The molecule has 1 aromatic heterocycles. The molecule has 1 saturated carbocycles. The number of fused-ring (bicyclic) bond motifs is 1. The lowest BCUT2D eigenvalue weighted by atomic mass is 9.97. The summed E-state index contributed by atoms with van der Waals surface area (Å²) < 4.78 is 6.02. The highest BCUT2D eigenvalue weighted by molar-refractivity contribution is 5.78. The zero-order chi connectivity index (χ0) is 13.2. The largest absolute Gasteiger partial charge is 0.459 e. The van der Waals surface area contributed by atoms with E-state index in [1.165, 1.54) is 43.1 Å². The third kappa shape index (κ3) is 2.69. The number of hydrogen-bond donors (Lipinski definition) is 1. The van der Waals surface area contributed by atoms with E-state index in [4.69, 9.17) is 4.42 Å². The van der Waals surface area contributed by atoms with Crippen LogP contribution in [0.4, 0.5) is 0 Å². The van der Waals surface area contributed by atoms with Crippen LogP contribution in [-0.4, -0.2) is 7.05 Å². The Morgan fingerprint density at radius 3 is 2.79 bits per heavy atom. The maximum atomic E-state index is 6.02. The highest BCUT2D eigenvalue weighted by Crippen LogP contribution is 2.34. The van der Waals surface area contributed by atoms with Gasteiger partial charge in [-0.2, -0.15) is 0 Å². The summed E-state index contributed by atoms with van der Waals surface area (Å²) in [6.45, 7) is 2.13. The molecule has 102 valence electrons. The fourth-order valence-corrected chi connectivity index (χ4v) is 3.31. The zero-order valence-electron chi connectivity index (χ0n) is 11.9. The number of nitrogens with one attached hydrogen (secondary N) is 1. The minimum absolute atomic E-state index is 0.357. The molecular formula is C17H23NO. The van der Waals surface area contributed by atoms with Gasteiger partial charge in [-0.05, 0) is 44.5 Å². The Morgan fingerprint density at radius 2 is 2.05 bits per heavy atom. The average molecular weight is 257 g/mol. The van der Waals surface area contributed by atoms with Crippen LogP contribution in [0.25, 0.3) is 11.0 Å². The summed E-state index contributed by atoms with van der Waals surface area (Å²) in [5.41, 5.74) is 2.30. The van der Waals surface area contributed by atoms with E-state index in [2.05, 4.69) is 36.5 Å². The number of hydrogen-bond acceptors (Lipinski definition) is 2. The molecule has 1 aliphatic carbocycles. The predicted molar refractivity (Wildman–Crippen MR) is 79.3 cm³/mol. The maximum Gasteiger partial charge on any atom is 0.134 e. The van der Waals surface area contributed by atoms with E-state index in [9.17, 15) is 0 Å². The Bertz CT molecular complexity index is 551. The Kier molecular flexibility index (Phi) is 3.61. The Morgan fingerprint density at radius 1 is 1.26 bits per heavy atom. The Balaban J connectivity index is 1.83. The lowest BCUT2D eigenvalue weighted by Gasteiger charge is -2.17. The molecule has 3 rings (SSSR count). The molecule has 1 heterocycles. The second kappa shape index (κ2) is 5.38. The molecule has 1 aliphatic rings. The van der Waals surface area contributed by atoms with Crippen molar-refractivity contribution in [1.82, 2.24) is 5.32 Å². The van der Waals surface area contributed by atoms with E-state index in [1.807, 2.05) is 7.05 Å². The summed E-state index contributed by atoms with van der Waals surface area (Å²) in [5, 5.41) is 4.65. The van der Waals surface area contributed by atoms with Crippen LogP contribution in [0.1, 0.15) is 49.5 Å². The van der Waals surface area contributed by atoms with Gasteiger partial charge in [0.2, 0.25) is 0 Å². The molecule has 0 bridgehead atoms. The predicted octanol–water partition coefficient (Wildman–Crippen LogP) is 4.58. The molecule has 1 N–H and O–H groups in total. The molecule has 1 unspecified atom stereocenters. The van der Waals surface area contributed by atoms with Gasteiger partial charge in [0.25, 0.3) is 0 Å². The van der Waals surface area contributed by atoms with Crippen molar-refractivity contribution in [3.63, 3.8) is 0 Å². The van der Waals surface area contributed by atoms with Gasteiger partial charge in [0.15, 0.2) is 0 Å². The van der Waals surface area contributed by atoms with Crippen LogP contribution >= 0.6 is 0 Å². The van der Waals surface area contributed by atoms with Crippen molar-refractivity contribution in [2.75, 3.05) is 7.05 Å². The van der Waals surface area contributed by atoms with Gasteiger partial charge in [-0.25, -0.2) is 0 Å². The molecule has 2 heteroatoms. The van der Waals surface area contributed by atoms with Crippen LogP contribution < -0.4 is 5.32 Å². The van der Waals surface area contributed by atoms with Gasteiger partial charge >= 0.3 is 0 Å². The van der Waals surface area contributed by atoms with Gasteiger partial charge in [0.05, 0.1) is 6.04 Å². The molecule has 19 heavy (non-hydrogen) atoms. The van der Waals surface area contributed by atoms with Gasteiger partial charge in [0.1, 0.15) is 11.3 Å². The van der Waals surface area contributed by atoms with E-state index in [0.29, 0.717) is 6.04 Å². The fraction of sp³-hybridized carbons (Fsp3) is 0.529. The van der Waals surface area contributed by atoms with Crippen molar-refractivity contribution in [2.24, 2.45) is 5.92 Å². The minimum atomic E-state index is 0.357. The van der Waals surface area contributed by atoms with Gasteiger partial charge in [-0.15, -0.1) is 0 Å². The van der Waals surface area contributed by atoms with Gasteiger partial charge < -0.3 is 9.73 Å². The molecule has 0 spiro atoms. The van der Waals surface area contributed by atoms with Crippen molar-refractivity contribution in [3.05, 3.63) is 35.6 Å². The van der Waals surface area contributed by atoms with Gasteiger partial charge in [-0.3, -0.25) is 0 Å². The second-order valence-electron chi connectivity index (χ2n) is 5.92. The summed E-state index contributed by atoms with van der Waals surface area (Å²) >= 11 is 0. The molecule has 1 aromatic carbocycles. The van der Waals surface area contributed by atoms with E-state index >= 15 is 0 Å². The maximum absolute atomic E-state index is 6.02. The van der Waals surface area contributed by atoms with Gasteiger partial charge in [-0.1, -0.05) is 37.3 Å². The molecule has 1 fully saturated rings. The summed E-state index contributed by atoms with van der Waals surface area (Å²) in [6, 6.07) is 8.95. The van der Waals surface area contributed by atoms with E-state index in [0.717, 1.165) is 17.3 Å². The van der Waals surface area contributed by atoms with Crippen molar-refractivity contribution in [1.29, 1.82) is 0 Å². The summed E-state index contributed by atoms with van der Waals surface area (Å²) in [7, 11) is 2.04. The lowest BCUT2D eigenvalue weighted by molar-refractivity contribution is 0.365. The summed E-state index contributed by atoms with van der Waals surface area (Å²) in [4.78, 5) is 0. The Hall–Kier alpha value is -1.28.